The Balaban J connectivity index is 3.43. The molecule has 15 heavy (non-hydrogen) atoms. The zero-order valence-electron chi connectivity index (χ0n) is 7.54. The molecule has 0 saturated carbocycles. The van der Waals surface area contributed by atoms with Crippen molar-refractivity contribution in [2.75, 3.05) is 0 Å². The lowest BCUT2D eigenvalue weighted by Gasteiger charge is -2.09. The highest BCUT2D eigenvalue weighted by molar-refractivity contribution is 6.17. The van der Waals surface area contributed by atoms with Gasteiger partial charge < -0.3 is 5.11 Å². The van der Waals surface area contributed by atoms with Crippen molar-refractivity contribution in [2.24, 2.45) is 0 Å². The molecule has 1 rings (SSSR count). The molecule has 0 radical (unpaired) electrons. The topological polar surface area (TPSA) is 56.9 Å². The number of hydrogen-bond acceptors (Lipinski definition) is 3. The van der Waals surface area contributed by atoms with Crippen LogP contribution in [0, 0.1) is 11.3 Å². The number of nitrogens with zero attached hydrogens (tertiary/aromatic N) is 2. The molecule has 0 amide bonds. The molecule has 0 bridgehead atoms. The Morgan fingerprint density at radius 1 is 1.60 bits per heavy atom. The lowest BCUT2D eigenvalue weighted by Crippen LogP contribution is -2.04. The van der Waals surface area contributed by atoms with Gasteiger partial charge in [-0.2, -0.15) is 5.26 Å². The molecule has 1 heterocycles. The van der Waals surface area contributed by atoms with E-state index in [1.165, 1.54) is 0 Å². The van der Waals surface area contributed by atoms with Gasteiger partial charge in [0, 0.05) is 11.8 Å². The van der Waals surface area contributed by atoms with Crippen molar-refractivity contribution in [2.45, 2.75) is 18.9 Å². The summed E-state index contributed by atoms with van der Waals surface area (Å²) in [5.41, 5.74) is -0.390. The van der Waals surface area contributed by atoms with Crippen molar-refractivity contribution in [3.05, 3.63) is 28.6 Å². The normalized spacial score (nSPS) is 10.4. The molecule has 0 fully saturated rings. The number of alkyl halides is 3. The predicted molar refractivity (Wildman–Crippen MR) is 49.4 cm³/mol. The zero-order chi connectivity index (χ0) is 11.4. The predicted octanol–water partition coefficient (Wildman–Crippen LogP) is 2.12. The van der Waals surface area contributed by atoms with Crippen LogP contribution in [0.15, 0.2) is 6.20 Å². The third kappa shape index (κ3) is 2.22. The van der Waals surface area contributed by atoms with Gasteiger partial charge in [0.1, 0.15) is 6.07 Å². The third-order valence-corrected chi connectivity index (χ3v) is 2.18. The van der Waals surface area contributed by atoms with Crippen LogP contribution in [0.1, 0.15) is 28.8 Å². The van der Waals surface area contributed by atoms with Crippen molar-refractivity contribution in [1.29, 1.82) is 5.26 Å². The summed E-state index contributed by atoms with van der Waals surface area (Å²) in [6.07, 6.45) is -1.87. The molecule has 0 atom stereocenters. The van der Waals surface area contributed by atoms with Crippen molar-refractivity contribution < 1.29 is 13.9 Å². The van der Waals surface area contributed by atoms with Crippen molar-refractivity contribution in [3.63, 3.8) is 0 Å². The molecule has 3 nitrogen and oxygen atoms in total. The molecule has 1 N–H and O–H groups in total. The van der Waals surface area contributed by atoms with Crippen LogP contribution in [0.2, 0.25) is 0 Å². The van der Waals surface area contributed by atoms with E-state index in [1.54, 1.807) is 6.07 Å². The maximum absolute atomic E-state index is 12.5. The van der Waals surface area contributed by atoms with E-state index < -0.39 is 18.6 Å². The molecule has 0 aliphatic heterocycles. The summed E-state index contributed by atoms with van der Waals surface area (Å²) in [5.74, 6) is -0.0336. The van der Waals surface area contributed by atoms with Gasteiger partial charge in [-0.3, -0.25) is 4.98 Å². The van der Waals surface area contributed by atoms with Crippen LogP contribution in [0.3, 0.4) is 0 Å². The van der Waals surface area contributed by atoms with Gasteiger partial charge in [0.25, 0.3) is 6.43 Å². The molecule has 1 aromatic heterocycles. The van der Waals surface area contributed by atoms with Crippen LogP contribution in [-0.2, 0) is 12.5 Å². The van der Waals surface area contributed by atoms with E-state index in [0.29, 0.717) is 0 Å². The summed E-state index contributed by atoms with van der Waals surface area (Å²) in [7, 11) is 0. The fraction of sp³-hybridized carbons (Fsp3) is 0.333. The Bertz CT molecular complexity index is 404. The Labute approximate surface area is 89.9 Å². The largest absolute Gasteiger partial charge is 0.392 e. The number of aliphatic hydroxyl groups excluding tert-OH is 1. The standard InChI is InChI=1S/C9H7ClF2N2O/c10-1-8-7(4-15)5(2-13)6(3-14-8)9(11)12/h3,9,15H,1,4H2. The van der Waals surface area contributed by atoms with E-state index in [-0.39, 0.29) is 22.7 Å². The second-order valence-electron chi connectivity index (χ2n) is 2.72. The molecule has 0 saturated heterocycles. The summed E-state index contributed by atoms with van der Waals surface area (Å²) >= 11 is 5.50. The van der Waals surface area contributed by atoms with Crippen molar-refractivity contribution in [3.8, 4) is 6.07 Å². The van der Waals surface area contributed by atoms with Gasteiger partial charge in [-0.25, -0.2) is 8.78 Å². The first-order valence-electron chi connectivity index (χ1n) is 4.01. The summed E-state index contributed by atoms with van der Waals surface area (Å²) < 4.78 is 24.9. The van der Waals surface area contributed by atoms with Crippen LogP contribution >= 0.6 is 11.6 Å². The molecule has 0 spiro atoms. The van der Waals surface area contributed by atoms with E-state index in [0.717, 1.165) is 6.20 Å². The molecule has 0 aliphatic carbocycles. The van der Waals surface area contributed by atoms with E-state index in [2.05, 4.69) is 4.98 Å². The van der Waals surface area contributed by atoms with Gasteiger partial charge in [0.05, 0.1) is 29.3 Å². The summed E-state index contributed by atoms with van der Waals surface area (Å²) in [6.45, 7) is -0.529. The summed E-state index contributed by atoms with van der Waals surface area (Å²) in [6, 6.07) is 1.63. The number of pyridine rings is 1. The lowest BCUT2D eigenvalue weighted by molar-refractivity contribution is 0.150. The minimum Gasteiger partial charge on any atom is -0.392 e. The second kappa shape index (κ2) is 5.01. The Kier molecular flexibility index (Phi) is 3.95. The van der Waals surface area contributed by atoms with Crippen LogP contribution in [0.4, 0.5) is 8.78 Å². The van der Waals surface area contributed by atoms with Gasteiger partial charge in [0.15, 0.2) is 0 Å². The Morgan fingerprint density at radius 3 is 2.67 bits per heavy atom. The zero-order valence-corrected chi connectivity index (χ0v) is 8.30. The van der Waals surface area contributed by atoms with Gasteiger partial charge in [-0.05, 0) is 0 Å². The molecular weight excluding hydrogens is 226 g/mol. The first-order valence-corrected chi connectivity index (χ1v) is 4.54. The van der Waals surface area contributed by atoms with E-state index in [1.807, 2.05) is 0 Å². The lowest BCUT2D eigenvalue weighted by atomic mass is 10.0. The molecule has 0 aromatic carbocycles. The van der Waals surface area contributed by atoms with Crippen molar-refractivity contribution >= 4 is 11.6 Å². The van der Waals surface area contributed by atoms with E-state index in [4.69, 9.17) is 22.0 Å². The molecule has 0 unspecified atom stereocenters. The van der Waals surface area contributed by atoms with E-state index >= 15 is 0 Å². The SMILES string of the molecule is N#Cc1c(C(F)F)cnc(CCl)c1CO. The minimum absolute atomic E-state index is 0.0336. The number of nitriles is 1. The molecule has 80 valence electrons. The van der Waals surface area contributed by atoms with Gasteiger partial charge >= 0.3 is 0 Å². The summed E-state index contributed by atoms with van der Waals surface area (Å²) in [4.78, 5) is 3.67. The fourth-order valence-corrected chi connectivity index (χ4v) is 1.42. The first-order chi connectivity index (χ1) is 7.15. The minimum atomic E-state index is -2.79. The second-order valence-corrected chi connectivity index (χ2v) is 2.99. The number of aromatic nitrogens is 1. The fourth-order valence-electron chi connectivity index (χ4n) is 1.19. The van der Waals surface area contributed by atoms with Crippen LogP contribution < -0.4 is 0 Å². The van der Waals surface area contributed by atoms with Gasteiger partial charge in [-0.15, -0.1) is 11.6 Å². The van der Waals surface area contributed by atoms with Crippen molar-refractivity contribution in [1.82, 2.24) is 4.98 Å². The molecule has 1 aromatic rings. The average molecular weight is 233 g/mol. The third-order valence-electron chi connectivity index (χ3n) is 1.93. The van der Waals surface area contributed by atoms with Gasteiger partial charge in [-0.1, -0.05) is 0 Å². The average Bonchev–Trinajstić information content (AvgIpc) is 2.26. The Hall–Kier alpha value is -1.25. The highest BCUT2D eigenvalue weighted by Crippen LogP contribution is 2.26. The first kappa shape index (κ1) is 11.8. The van der Waals surface area contributed by atoms with E-state index in [9.17, 15) is 8.78 Å². The maximum atomic E-state index is 12.5. The number of rotatable bonds is 3. The van der Waals surface area contributed by atoms with Crippen LogP contribution in [0.5, 0.6) is 0 Å². The Morgan fingerprint density at radius 2 is 2.27 bits per heavy atom. The quantitative estimate of drug-likeness (QED) is 0.812. The number of halogens is 3. The smallest absolute Gasteiger partial charge is 0.266 e. The van der Waals surface area contributed by atoms with Crippen LogP contribution in [0.25, 0.3) is 0 Å². The highest BCUT2D eigenvalue weighted by atomic mass is 35.5. The molecule has 0 aliphatic rings. The monoisotopic (exact) mass is 232 g/mol. The highest BCUT2D eigenvalue weighted by Gasteiger charge is 2.19. The van der Waals surface area contributed by atoms with Crippen LogP contribution in [-0.4, -0.2) is 10.1 Å². The summed E-state index contributed by atoms with van der Waals surface area (Å²) in [5, 5.41) is 17.7. The number of aliphatic hydroxyl groups is 1. The molecular formula is C9H7ClF2N2O. The maximum Gasteiger partial charge on any atom is 0.266 e. The van der Waals surface area contributed by atoms with Gasteiger partial charge in [0.2, 0.25) is 0 Å². The number of hydrogen-bond donors (Lipinski definition) is 1. The molecule has 6 heteroatoms.